The summed E-state index contributed by atoms with van der Waals surface area (Å²) in [6, 6.07) is 0. The third kappa shape index (κ3) is 5.41. The zero-order valence-corrected chi connectivity index (χ0v) is 13.4. The predicted molar refractivity (Wildman–Crippen MR) is 82.6 cm³/mol. The van der Waals surface area contributed by atoms with E-state index in [1.807, 2.05) is 5.40 Å². The molecule has 0 saturated heterocycles. The van der Waals surface area contributed by atoms with Gasteiger partial charge in [-0.05, 0) is 38.5 Å². The van der Waals surface area contributed by atoms with E-state index in [2.05, 4.69) is 9.97 Å². The van der Waals surface area contributed by atoms with E-state index in [0.29, 0.717) is 38.0 Å². The van der Waals surface area contributed by atoms with Gasteiger partial charge in [-0.25, -0.2) is 4.79 Å². The highest BCUT2D eigenvalue weighted by atomic mass is 32.2. The monoisotopic (exact) mass is 325 g/mol. The molecular weight excluding hydrogens is 306 g/mol. The van der Waals surface area contributed by atoms with Crippen LogP contribution < -0.4 is 5.69 Å². The molecule has 0 spiro atoms. The summed E-state index contributed by atoms with van der Waals surface area (Å²) in [4.78, 5) is 39.7. The molecule has 8 heteroatoms. The third-order valence-electron chi connectivity index (χ3n) is 3.05. The normalized spacial score (nSPS) is 11.7. The number of hydrogen-bond acceptors (Lipinski definition) is 6. The van der Waals surface area contributed by atoms with Crippen LogP contribution in [-0.2, 0) is 9.53 Å². The number of nitrogens with one attached hydrogen (secondary N) is 2. The highest BCUT2D eigenvalue weighted by Crippen LogP contribution is 2.21. The third-order valence-corrected chi connectivity index (χ3v) is 3.89. The van der Waals surface area contributed by atoms with Crippen LogP contribution in [0.1, 0.15) is 48.8 Å². The van der Waals surface area contributed by atoms with Gasteiger partial charge in [-0.3, -0.25) is 9.59 Å². The van der Waals surface area contributed by atoms with E-state index < -0.39 is 10.9 Å². The number of rotatable bonds is 9. The van der Waals surface area contributed by atoms with Gasteiger partial charge in [0, 0.05) is 12.1 Å². The maximum Gasteiger partial charge on any atom is 0.323 e. The van der Waals surface area contributed by atoms with Crippen molar-refractivity contribution in [3.8, 4) is 5.40 Å². The average Bonchev–Trinajstić information content (AvgIpc) is 2.80. The van der Waals surface area contributed by atoms with Crippen molar-refractivity contribution in [1.29, 1.82) is 5.26 Å². The number of hydrogen-bond donors (Lipinski definition) is 2. The number of ketones is 1. The number of thioether (sulfide) groups is 1. The number of ether oxygens (including phenoxy) is 1. The van der Waals surface area contributed by atoms with Gasteiger partial charge in [0.15, 0.2) is 5.78 Å². The van der Waals surface area contributed by atoms with Gasteiger partial charge in [-0.2, -0.15) is 5.26 Å². The minimum atomic E-state index is -0.558. The summed E-state index contributed by atoms with van der Waals surface area (Å²) in [7, 11) is 0. The number of Topliss-reactive ketones (excluding diaryl/α,β-unsaturated/α-hetero) is 1. The Morgan fingerprint density at radius 1 is 1.36 bits per heavy atom. The minimum Gasteiger partial charge on any atom is -0.466 e. The Hall–Kier alpha value is -2.01. The maximum absolute atomic E-state index is 12.3. The van der Waals surface area contributed by atoms with Gasteiger partial charge in [-0.15, -0.1) is 0 Å². The van der Waals surface area contributed by atoms with Crippen molar-refractivity contribution in [3.05, 3.63) is 21.9 Å². The molecule has 0 aliphatic carbocycles. The first-order chi connectivity index (χ1) is 10.5. The first-order valence-electron chi connectivity index (χ1n) is 7.03. The van der Waals surface area contributed by atoms with Gasteiger partial charge in [0.25, 0.3) is 0 Å². The SMILES string of the molecule is CCOC(=O)CCCCC(SC#N)C(=O)c1[nH]c(=O)[nH]c1C. The van der Waals surface area contributed by atoms with Crippen molar-refractivity contribution in [3.63, 3.8) is 0 Å². The summed E-state index contributed by atoms with van der Waals surface area (Å²) in [5.41, 5.74) is 0.233. The Morgan fingerprint density at radius 2 is 2.09 bits per heavy atom. The lowest BCUT2D eigenvalue weighted by Gasteiger charge is -2.11. The van der Waals surface area contributed by atoms with E-state index >= 15 is 0 Å². The van der Waals surface area contributed by atoms with Gasteiger partial charge in [0.1, 0.15) is 11.1 Å². The molecule has 2 N–H and O–H groups in total. The van der Waals surface area contributed by atoms with Crippen LogP contribution in [0.25, 0.3) is 0 Å². The van der Waals surface area contributed by atoms with E-state index in [0.717, 1.165) is 11.8 Å². The Labute approximate surface area is 132 Å². The van der Waals surface area contributed by atoms with Gasteiger partial charge in [-0.1, -0.05) is 6.42 Å². The molecule has 1 heterocycles. The molecular formula is C14H19N3O4S. The second-order valence-corrected chi connectivity index (χ2v) is 5.68. The van der Waals surface area contributed by atoms with Crippen molar-refractivity contribution in [2.45, 2.75) is 44.8 Å². The van der Waals surface area contributed by atoms with E-state index in [9.17, 15) is 14.4 Å². The molecule has 0 amide bonds. The number of aromatic nitrogens is 2. The molecule has 1 rings (SSSR count). The molecule has 0 aliphatic heterocycles. The summed E-state index contributed by atoms with van der Waals surface area (Å²) in [6.45, 7) is 3.72. The number of nitrogens with zero attached hydrogens (tertiary/aromatic N) is 1. The van der Waals surface area contributed by atoms with E-state index in [1.165, 1.54) is 0 Å². The Morgan fingerprint density at radius 3 is 2.64 bits per heavy atom. The molecule has 1 aromatic rings. The number of carbonyl (C=O) groups excluding carboxylic acids is 2. The first-order valence-corrected chi connectivity index (χ1v) is 7.91. The molecule has 1 unspecified atom stereocenters. The highest BCUT2D eigenvalue weighted by Gasteiger charge is 2.24. The van der Waals surface area contributed by atoms with Crippen LogP contribution in [0.2, 0.25) is 0 Å². The van der Waals surface area contributed by atoms with Crippen LogP contribution in [0.15, 0.2) is 4.79 Å². The number of carbonyl (C=O) groups is 2. The lowest BCUT2D eigenvalue weighted by molar-refractivity contribution is -0.143. The summed E-state index contributed by atoms with van der Waals surface area (Å²) in [5, 5.41) is 10.2. The Bertz CT molecular complexity index is 614. The molecule has 120 valence electrons. The number of esters is 1. The van der Waals surface area contributed by atoms with Gasteiger partial charge in [0.2, 0.25) is 0 Å². The fourth-order valence-corrected chi connectivity index (χ4v) is 2.65. The molecule has 0 saturated carbocycles. The van der Waals surface area contributed by atoms with Gasteiger partial charge < -0.3 is 14.7 Å². The molecule has 22 heavy (non-hydrogen) atoms. The summed E-state index contributed by atoms with van der Waals surface area (Å²) in [6.07, 6.45) is 1.98. The average molecular weight is 325 g/mol. The van der Waals surface area contributed by atoms with Crippen LogP contribution in [0.4, 0.5) is 0 Å². The largest absolute Gasteiger partial charge is 0.466 e. The smallest absolute Gasteiger partial charge is 0.323 e. The molecule has 7 nitrogen and oxygen atoms in total. The summed E-state index contributed by atoms with van der Waals surface area (Å²) < 4.78 is 4.82. The van der Waals surface area contributed by atoms with Crippen molar-refractivity contribution in [2.75, 3.05) is 6.61 Å². The molecule has 0 bridgehead atoms. The lowest BCUT2D eigenvalue weighted by atomic mass is 10.1. The number of imidazole rings is 1. The van der Waals surface area contributed by atoms with Gasteiger partial charge in [0.05, 0.1) is 11.9 Å². The molecule has 0 fully saturated rings. The fraction of sp³-hybridized carbons (Fsp3) is 0.571. The number of aryl methyl sites for hydroxylation is 1. The van der Waals surface area contributed by atoms with Crippen molar-refractivity contribution in [1.82, 2.24) is 9.97 Å². The molecule has 0 aliphatic rings. The zero-order valence-electron chi connectivity index (χ0n) is 12.6. The van der Waals surface area contributed by atoms with E-state index in [1.54, 1.807) is 13.8 Å². The zero-order chi connectivity index (χ0) is 16.5. The molecule has 1 aromatic heterocycles. The van der Waals surface area contributed by atoms with Crippen LogP contribution in [0.5, 0.6) is 0 Å². The number of H-pyrrole nitrogens is 2. The lowest BCUT2D eigenvalue weighted by Crippen LogP contribution is -2.19. The first kappa shape index (κ1) is 18.0. The quantitative estimate of drug-likeness (QED) is 0.310. The minimum absolute atomic E-state index is 0.211. The highest BCUT2D eigenvalue weighted by molar-refractivity contribution is 8.05. The molecule has 1 atom stereocenters. The second-order valence-electron chi connectivity index (χ2n) is 4.69. The van der Waals surface area contributed by atoms with Crippen LogP contribution in [-0.4, -0.2) is 33.6 Å². The second kappa shape index (κ2) is 9.10. The van der Waals surface area contributed by atoms with Crippen LogP contribution in [0.3, 0.4) is 0 Å². The van der Waals surface area contributed by atoms with Crippen molar-refractivity contribution >= 4 is 23.5 Å². The number of unbranched alkanes of at least 4 members (excludes halogenated alkanes) is 1. The summed E-state index contributed by atoms with van der Waals surface area (Å²) >= 11 is 0.870. The number of thiocyanates is 1. The van der Waals surface area contributed by atoms with E-state index in [-0.39, 0.29) is 17.4 Å². The van der Waals surface area contributed by atoms with Crippen molar-refractivity contribution < 1.29 is 14.3 Å². The molecule has 0 radical (unpaired) electrons. The topological polar surface area (TPSA) is 116 Å². The Kier molecular flexibility index (Phi) is 7.46. The maximum atomic E-state index is 12.3. The van der Waals surface area contributed by atoms with Crippen LogP contribution >= 0.6 is 11.8 Å². The van der Waals surface area contributed by atoms with Crippen molar-refractivity contribution in [2.24, 2.45) is 0 Å². The fourth-order valence-electron chi connectivity index (χ4n) is 2.02. The number of aromatic amines is 2. The van der Waals surface area contributed by atoms with E-state index in [4.69, 9.17) is 10.00 Å². The standard InChI is InChI=1S/C14H19N3O4S/c1-3-21-11(18)7-5-4-6-10(22-8-15)13(19)12-9(2)16-14(20)17-12/h10H,3-7H2,1-2H3,(H2,16,17,20). The number of nitriles is 1. The molecule has 0 aromatic carbocycles. The predicted octanol–water partition coefficient (Wildman–Crippen LogP) is 1.90. The van der Waals surface area contributed by atoms with Gasteiger partial charge >= 0.3 is 11.7 Å². The Balaban J connectivity index is 2.57. The van der Waals surface area contributed by atoms with Crippen LogP contribution in [0, 0.1) is 17.6 Å². The summed E-state index contributed by atoms with van der Waals surface area (Å²) in [5.74, 6) is -0.539.